The van der Waals surface area contributed by atoms with Gasteiger partial charge in [-0.1, -0.05) is 54.1 Å². The van der Waals surface area contributed by atoms with Gasteiger partial charge in [-0.25, -0.2) is 4.98 Å². The molecule has 1 unspecified atom stereocenters. The molecule has 0 saturated heterocycles. The van der Waals surface area contributed by atoms with E-state index in [9.17, 15) is 9.59 Å². The van der Waals surface area contributed by atoms with Gasteiger partial charge in [0.15, 0.2) is 10.9 Å². The summed E-state index contributed by atoms with van der Waals surface area (Å²) in [7, 11) is 1.51. The van der Waals surface area contributed by atoms with Crippen molar-refractivity contribution in [3.63, 3.8) is 0 Å². The van der Waals surface area contributed by atoms with Gasteiger partial charge in [-0.2, -0.15) is 0 Å². The molecule has 0 aliphatic carbocycles. The molecule has 11 heteroatoms. The van der Waals surface area contributed by atoms with E-state index in [1.54, 1.807) is 18.7 Å². The lowest BCUT2D eigenvalue weighted by atomic mass is 9.95. The van der Waals surface area contributed by atoms with Crippen molar-refractivity contribution in [2.45, 2.75) is 23.6 Å². The fourth-order valence-corrected chi connectivity index (χ4v) is 5.38. The third-order valence-electron chi connectivity index (χ3n) is 5.66. The second-order valence-corrected chi connectivity index (χ2v) is 10.0. The van der Waals surface area contributed by atoms with Crippen LogP contribution in [-0.4, -0.2) is 47.1 Å². The highest BCUT2D eigenvalue weighted by molar-refractivity contribution is 7.98. The predicted molar refractivity (Wildman–Crippen MR) is 150 cm³/mol. The van der Waals surface area contributed by atoms with Crippen molar-refractivity contribution in [1.29, 1.82) is 0 Å². The summed E-state index contributed by atoms with van der Waals surface area (Å²) in [4.78, 5) is 31.0. The molecule has 0 saturated carbocycles. The first kappa shape index (κ1) is 26.7. The summed E-state index contributed by atoms with van der Waals surface area (Å²) in [5.41, 5.74) is 9.65. The van der Waals surface area contributed by atoms with Crippen LogP contribution in [0.5, 0.6) is 0 Å². The second-order valence-electron chi connectivity index (χ2n) is 8.20. The van der Waals surface area contributed by atoms with Gasteiger partial charge in [-0.05, 0) is 48.0 Å². The van der Waals surface area contributed by atoms with Gasteiger partial charge < -0.3 is 15.0 Å². The van der Waals surface area contributed by atoms with Crippen molar-refractivity contribution >= 4 is 58.4 Å². The number of ether oxygens (including phenoxy) is 1. The third-order valence-corrected chi connectivity index (χ3v) is 7.30. The van der Waals surface area contributed by atoms with Crippen LogP contribution < -0.4 is 16.2 Å². The smallest absolute Gasteiger partial charge is 0.325 e. The Bertz CT molecular complexity index is 1280. The first-order valence-electron chi connectivity index (χ1n) is 11.6. The molecule has 2 aromatic carbocycles. The van der Waals surface area contributed by atoms with Crippen LogP contribution in [-0.2, 0) is 15.3 Å². The Balaban J connectivity index is 1.42. The van der Waals surface area contributed by atoms with E-state index in [0.717, 1.165) is 16.9 Å². The van der Waals surface area contributed by atoms with E-state index in [2.05, 4.69) is 45.4 Å². The molecule has 1 aliphatic heterocycles. The number of halogens is 1. The quantitative estimate of drug-likeness (QED) is 0.220. The minimum atomic E-state index is -0.488. The Labute approximate surface area is 230 Å². The number of likely N-dealkylation sites (N-methyl/N-ethyl adjacent to an activating group) is 1. The number of nitrogens with one attached hydrogen (secondary N) is 3. The topological polar surface area (TPSA) is 95.6 Å². The number of hydrazine groups is 1. The molecule has 37 heavy (non-hydrogen) atoms. The van der Waals surface area contributed by atoms with Gasteiger partial charge in [0.2, 0.25) is 0 Å². The van der Waals surface area contributed by atoms with E-state index in [1.165, 1.54) is 34.7 Å². The number of hydrogen-bond acceptors (Lipinski definition) is 7. The molecular formula is C26H26ClN5O3S2. The minimum absolute atomic E-state index is 0.137. The van der Waals surface area contributed by atoms with E-state index in [4.69, 9.17) is 28.6 Å². The first-order chi connectivity index (χ1) is 17.9. The van der Waals surface area contributed by atoms with Crippen molar-refractivity contribution in [2.75, 3.05) is 25.6 Å². The predicted octanol–water partition coefficient (Wildman–Crippen LogP) is 4.56. The number of nitrogens with zero attached hydrogens (tertiary/aromatic N) is 2. The minimum Gasteiger partial charge on any atom is -0.465 e. The maximum atomic E-state index is 12.6. The summed E-state index contributed by atoms with van der Waals surface area (Å²) < 4.78 is 4.88. The molecule has 2 heterocycles. The molecule has 1 aliphatic rings. The van der Waals surface area contributed by atoms with E-state index in [0.29, 0.717) is 10.9 Å². The number of rotatable bonds is 7. The molecule has 3 aromatic rings. The van der Waals surface area contributed by atoms with E-state index in [1.807, 2.05) is 24.3 Å². The fourth-order valence-electron chi connectivity index (χ4n) is 3.90. The van der Waals surface area contributed by atoms with Crippen LogP contribution in [0.2, 0.25) is 5.02 Å². The molecular weight excluding hydrogens is 530 g/mol. The largest absolute Gasteiger partial charge is 0.465 e. The zero-order valence-corrected chi connectivity index (χ0v) is 22.7. The van der Waals surface area contributed by atoms with Crippen LogP contribution in [0.15, 0.2) is 65.7 Å². The van der Waals surface area contributed by atoms with Crippen molar-refractivity contribution in [3.05, 3.63) is 88.1 Å². The summed E-state index contributed by atoms with van der Waals surface area (Å²) in [5.74, 6) is 0.289. The highest BCUT2D eigenvalue weighted by atomic mass is 35.5. The third kappa shape index (κ3) is 6.51. The number of fused-ring (bicyclic) bond motifs is 2. The van der Waals surface area contributed by atoms with Gasteiger partial charge in [0.05, 0.1) is 23.2 Å². The summed E-state index contributed by atoms with van der Waals surface area (Å²) in [6.07, 6.45) is 1.38. The van der Waals surface area contributed by atoms with Crippen LogP contribution in [0.25, 0.3) is 0 Å². The second kappa shape index (κ2) is 12.3. The summed E-state index contributed by atoms with van der Waals surface area (Å²) in [6.45, 7) is 1.78. The molecule has 0 bridgehead atoms. The summed E-state index contributed by atoms with van der Waals surface area (Å²) in [5, 5.41) is 3.97. The number of pyridine rings is 1. The monoisotopic (exact) mass is 555 g/mol. The molecule has 192 valence electrons. The van der Waals surface area contributed by atoms with E-state index in [-0.39, 0.29) is 29.8 Å². The lowest BCUT2D eigenvalue weighted by Gasteiger charge is -2.23. The molecule has 1 aromatic heterocycles. The Morgan fingerprint density at radius 1 is 1.19 bits per heavy atom. The molecule has 0 spiro atoms. The molecule has 4 rings (SSSR count). The number of carbonyl (C=O) groups excluding carboxylic acids is 2. The van der Waals surface area contributed by atoms with Crippen LogP contribution >= 0.6 is 35.6 Å². The number of hydrogen-bond donors (Lipinski definition) is 3. The molecule has 3 N–H and O–H groups in total. The van der Waals surface area contributed by atoms with Gasteiger partial charge >= 0.3 is 5.97 Å². The van der Waals surface area contributed by atoms with Gasteiger partial charge in [0.25, 0.3) is 5.91 Å². The highest BCUT2D eigenvalue weighted by Gasteiger charge is 2.24. The van der Waals surface area contributed by atoms with Gasteiger partial charge in [-0.15, -0.1) is 11.8 Å². The van der Waals surface area contributed by atoms with E-state index >= 15 is 0 Å². The van der Waals surface area contributed by atoms with Crippen LogP contribution in [0.3, 0.4) is 0 Å². The first-order valence-corrected chi connectivity index (χ1v) is 13.3. The Morgan fingerprint density at radius 3 is 2.68 bits per heavy atom. The summed E-state index contributed by atoms with van der Waals surface area (Å²) >= 11 is 13.7. The molecule has 1 atom stereocenters. The Morgan fingerprint density at radius 2 is 1.92 bits per heavy atom. The molecule has 0 radical (unpaired) electrons. The average Bonchev–Trinajstić information content (AvgIpc) is 3.05. The average molecular weight is 556 g/mol. The zero-order valence-electron chi connectivity index (χ0n) is 20.3. The molecule has 0 fully saturated rings. The maximum absolute atomic E-state index is 12.6. The van der Waals surface area contributed by atoms with Crippen molar-refractivity contribution < 1.29 is 14.3 Å². The number of benzene rings is 2. The number of anilines is 1. The van der Waals surface area contributed by atoms with Crippen LogP contribution in [0, 0.1) is 0 Å². The number of esters is 1. The van der Waals surface area contributed by atoms with Gasteiger partial charge in [0, 0.05) is 23.9 Å². The SMILES string of the molecule is CCOC(=O)CN(C)C(=O)c1cnc(NNC(=S)NC2c3ccccc3CSc3ccccc32)c(Cl)c1. The number of amides is 1. The lowest BCUT2D eigenvalue weighted by molar-refractivity contribution is -0.143. The van der Waals surface area contributed by atoms with Crippen molar-refractivity contribution in [2.24, 2.45) is 0 Å². The molecule has 8 nitrogen and oxygen atoms in total. The normalized spacial score (nSPS) is 13.9. The van der Waals surface area contributed by atoms with Crippen molar-refractivity contribution in [3.8, 4) is 0 Å². The van der Waals surface area contributed by atoms with Gasteiger partial charge in [-0.3, -0.25) is 20.4 Å². The van der Waals surface area contributed by atoms with Crippen LogP contribution in [0.4, 0.5) is 5.82 Å². The van der Waals surface area contributed by atoms with Gasteiger partial charge in [0.1, 0.15) is 6.54 Å². The number of carbonyl (C=O) groups is 2. The number of thiocarbonyl (C=S) groups is 1. The van der Waals surface area contributed by atoms with E-state index < -0.39 is 11.9 Å². The standard InChI is InChI=1S/C26H26ClN5O3S2/c1-3-35-22(33)14-32(2)25(34)17-12-20(27)24(28-13-17)30-31-26(36)29-23-18-9-5-4-8-16(18)15-37-21-11-7-6-10-19(21)23/h4-13,23H,3,14-15H2,1-2H3,(H,28,30)(H2,29,31,36). The molecule has 1 amide bonds. The highest BCUT2D eigenvalue weighted by Crippen LogP contribution is 2.39. The Kier molecular flexibility index (Phi) is 8.86. The Hall–Kier alpha value is -3.34. The fraction of sp³-hybridized carbons (Fsp3) is 0.231. The lowest BCUT2D eigenvalue weighted by Crippen LogP contribution is -2.41. The summed E-state index contributed by atoms with van der Waals surface area (Å²) in [6, 6.07) is 17.9. The number of thioether (sulfide) groups is 1. The number of aromatic nitrogens is 1. The maximum Gasteiger partial charge on any atom is 0.325 e. The van der Waals surface area contributed by atoms with Crippen molar-refractivity contribution in [1.82, 2.24) is 20.6 Å². The zero-order chi connectivity index (χ0) is 26.4. The van der Waals surface area contributed by atoms with Crippen LogP contribution in [0.1, 0.15) is 40.0 Å².